The summed E-state index contributed by atoms with van der Waals surface area (Å²) in [5.41, 5.74) is 6.83. The van der Waals surface area contributed by atoms with Crippen molar-refractivity contribution in [2.75, 3.05) is 12.8 Å². The lowest BCUT2D eigenvalue weighted by Crippen LogP contribution is -2.22. The third-order valence-electron chi connectivity index (χ3n) is 1.31. The first-order chi connectivity index (χ1) is 5.29. The molecule has 0 amide bonds. The molecule has 0 bridgehead atoms. The number of hydrogen-bond acceptors (Lipinski definition) is 3. The van der Waals surface area contributed by atoms with Crippen molar-refractivity contribution in [2.24, 2.45) is 4.99 Å². The van der Waals surface area contributed by atoms with Crippen LogP contribution >= 0.6 is 0 Å². The van der Waals surface area contributed by atoms with E-state index in [1.54, 1.807) is 25.5 Å². The molecular weight excluding hydrogens is 140 g/mol. The van der Waals surface area contributed by atoms with Gasteiger partial charge in [0.05, 0.1) is 11.9 Å². The fourth-order valence-electron chi connectivity index (χ4n) is 0.812. The second-order valence-electron chi connectivity index (χ2n) is 1.96. The van der Waals surface area contributed by atoms with Crippen LogP contribution in [0.3, 0.4) is 0 Å². The van der Waals surface area contributed by atoms with Crippen molar-refractivity contribution in [3.05, 3.63) is 24.3 Å². The third kappa shape index (κ3) is 1.29. The lowest BCUT2D eigenvalue weighted by atomic mass is 10.5. The van der Waals surface area contributed by atoms with Crippen LogP contribution in [0.15, 0.2) is 23.8 Å². The normalized spacial score (nSPS) is 11.5. The van der Waals surface area contributed by atoms with Gasteiger partial charge in [0.25, 0.3) is 0 Å². The Kier molecular flexibility index (Phi) is 2.06. The average molecular weight is 150 g/mol. The first-order valence-corrected chi connectivity index (χ1v) is 3.18. The van der Waals surface area contributed by atoms with Gasteiger partial charge >= 0.3 is 0 Å². The third-order valence-corrected chi connectivity index (χ3v) is 1.31. The van der Waals surface area contributed by atoms with Gasteiger partial charge in [-0.05, 0) is 6.07 Å². The van der Waals surface area contributed by atoms with E-state index in [0.29, 0.717) is 11.2 Å². The SMILES string of the molecule is C=Cn1nccc(N)c1=NC. The molecule has 0 fully saturated rings. The number of aromatic nitrogens is 2. The Hall–Kier alpha value is -1.58. The van der Waals surface area contributed by atoms with E-state index >= 15 is 0 Å². The average Bonchev–Trinajstić information content (AvgIpc) is 2.04. The van der Waals surface area contributed by atoms with E-state index in [0.717, 1.165) is 0 Å². The summed E-state index contributed by atoms with van der Waals surface area (Å²) in [6.07, 6.45) is 3.16. The van der Waals surface area contributed by atoms with Crippen LogP contribution < -0.4 is 11.2 Å². The molecule has 0 radical (unpaired) electrons. The molecule has 0 atom stereocenters. The second-order valence-corrected chi connectivity index (χ2v) is 1.96. The highest BCUT2D eigenvalue weighted by Crippen LogP contribution is 1.87. The molecule has 2 N–H and O–H groups in total. The highest BCUT2D eigenvalue weighted by atomic mass is 15.3. The molecule has 0 unspecified atom stereocenters. The lowest BCUT2D eigenvalue weighted by molar-refractivity contribution is 0.829. The van der Waals surface area contributed by atoms with Crippen molar-refractivity contribution in [1.82, 2.24) is 9.78 Å². The van der Waals surface area contributed by atoms with Gasteiger partial charge in [-0.15, -0.1) is 0 Å². The van der Waals surface area contributed by atoms with Gasteiger partial charge in [0.1, 0.15) is 0 Å². The van der Waals surface area contributed by atoms with Crippen LogP contribution in [0, 0.1) is 0 Å². The largest absolute Gasteiger partial charge is 0.396 e. The van der Waals surface area contributed by atoms with E-state index in [-0.39, 0.29) is 0 Å². The quantitative estimate of drug-likeness (QED) is 0.617. The molecule has 11 heavy (non-hydrogen) atoms. The molecular formula is C7H10N4. The molecule has 1 aromatic heterocycles. The van der Waals surface area contributed by atoms with E-state index in [1.807, 2.05) is 0 Å². The summed E-state index contributed by atoms with van der Waals surface area (Å²) in [6.45, 7) is 3.57. The first kappa shape index (κ1) is 7.53. The summed E-state index contributed by atoms with van der Waals surface area (Å²) in [4.78, 5) is 3.95. The zero-order valence-electron chi connectivity index (χ0n) is 6.36. The molecule has 4 nitrogen and oxygen atoms in total. The molecule has 4 heteroatoms. The Labute approximate surface area is 64.7 Å². The monoisotopic (exact) mass is 150 g/mol. The van der Waals surface area contributed by atoms with Crippen molar-refractivity contribution in [2.45, 2.75) is 0 Å². The van der Waals surface area contributed by atoms with E-state index in [4.69, 9.17) is 5.73 Å². The van der Waals surface area contributed by atoms with Gasteiger partial charge in [0, 0.05) is 13.2 Å². The van der Waals surface area contributed by atoms with Gasteiger partial charge in [-0.25, -0.2) is 4.68 Å². The Morgan fingerprint density at radius 3 is 3.00 bits per heavy atom. The van der Waals surface area contributed by atoms with Gasteiger partial charge in [-0.2, -0.15) is 5.10 Å². The number of hydrogen-bond donors (Lipinski definition) is 1. The zero-order chi connectivity index (χ0) is 8.27. The number of rotatable bonds is 1. The summed E-state index contributed by atoms with van der Waals surface area (Å²) in [5, 5.41) is 3.95. The fraction of sp³-hybridized carbons (Fsp3) is 0.143. The second kappa shape index (κ2) is 3.01. The standard InChI is InChI=1S/C7H10N4/c1-3-11-7(9-2)6(8)4-5-10-11/h3-5H,1,8H2,2H3. The van der Waals surface area contributed by atoms with Crippen LogP contribution in [-0.2, 0) is 0 Å². The van der Waals surface area contributed by atoms with Crippen molar-refractivity contribution in [1.29, 1.82) is 0 Å². The topological polar surface area (TPSA) is 56.2 Å². The number of nitrogens with two attached hydrogens (primary N) is 1. The Morgan fingerprint density at radius 1 is 1.82 bits per heavy atom. The van der Waals surface area contributed by atoms with Crippen LogP contribution in [-0.4, -0.2) is 16.8 Å². The summed E-state index contributed by atoms with van der Waals surface area (Å²) < 4.78 is 1.52. The molecule has 1 rings (SSSR count). The lowest BCUT2D eigenvalue weighted by Gasteiger charge is -1.99. The number of nitrogens with zero attached hydrogens (tertiary/aromatic N) is 3. The molecule has 0 aromatic carbocycles. The number of anilines is 1. The van der Waals surface area contributed by atoms with Gasteiger partial charge in [0.2, 0.25) is 0 Å². The predicted molar refractivity (Wildman–Crippen MR) is 44.5 cm³/mol. The summed E-state index contributed by atoms with van der Waals surface area (Å²) in [6, 6.07) is 1.70. The van der Waals surface area contributed by atoms with Gasteiger partial charge in [-0.1, -0.05) is 6.58 Å². The van der Waals surface area contributed by atoms with Crippen molar-refractivity contribution in [3.63, 3.8) is 0 Å². The Morgan fingerprint density at radius 2 is 2.55 bits per heavy atom. The van der Waals surface area contributed by atoms with Crippen LogP contribution in [0.5, 0.6) is 0 Å². The molecule has 0 saturated carbocycles. The smallest absolute Gasteiger partial charge is 0.171 e. The van der Waals surface area contributed by atoms with Crippen LogP contribution in [0.1, 0.15) is 0 Å². The van der Waals surface area contributed by atoms with Crippen LogP contribution in [0.2, 0.25) is 0 Å². The minimum absolute atomic E-state index is 0.599. The number of nitrogen functional groups attached to an aromatic ring is 1. The van der Waals surface area contributed by atoms with Gasteiger partial charge in [0.15, 0.2) is 5.49 Å². The van der Waals surface area contributed by atoms with Crippen molar-refractivity contribution < 1.29 is 0 Å². The zero-order valence-corrected chi connectivity index (χ0v) is 6.36. The summed E-state index contributed by atoms with van der Waals surface area (Å²) in [7, 11) is 1.66. The molecule has 0 aliphatic carbocycles. The van der Waals surface area contributed by atoms with E-state index in [1.165, 1.54) is 4.68 Å². The van der Waals surface area contributed by atoms with E-state index in [9.17, 15) is 0 Å². The van der Waals surface area contributed by atoms with Gasteiger partial charge < -0.3 is 5.73 Å². The van der Waals surface area contributed by atoms with Crippen molar-refractivity contribution >= 4 is 11.9 Å². The maximum absolute atomic E-state index is 5.61. The Bertz CT molecular complexity index is 323. The molecule has 1 heterocycles. The van der Waals surface area contributed by atoms with Crippen LogP contribution in [0.25, 0.3) is 6.20 Å². The fourth-order valence-corrected chi connectivity index (χ4v) is 0.812. The molecule has 0 saturated heterocycles. The van der Waals surface area contributed by atoms with E-state index in [2.05, 4.69) is 16.7 Å². The molecule has 0 aliphatic heterocycles. The van der Waals surface area contributed by atoms with E-state index < -0.39 is 0 Å². The maximum atomic E-state index is 5.61. The summed E-state index contributed by atoms with van der Waals surface area (Å²) >= 11 is 0. The van der Waals surface area contributed by atoms with Crippen LogP contribution in [0.4, 0.5) is 5.69 Å². The highest BCUT2D eigenvalue weighted by molar-refractivity contribution is 5.34. The predicted octanol–water partition coefficient (Wildman–Crippen LogP) is 0.0963. The molecule has 0 aliphatic rings. The summed E-state index contributed by atoms with van der Waals surface area (Å²) in [5.74, 6) is 0. The minimum atomic E-state index is 0.599. The molecule has 58 valence electrons. The minimum Gasteiger partial charge on any atom is -0.396 e. The van der Waals surface area contributed by atoms with Crippen molar-refractivity contribution in [3.8, 4) is 0 Å². The highest BCUT2D eigenvalue weighted by Gasteiger charge is 1.91. The molecule has 1 aromatic rings. The maximum Gasteiger partial charge on any atom is 0.171 e. The Balaban J connectivity index is 3.49. The van der Waals surface area contributed by atoms with Gasteiger partial charge in [-0.3, -0.25) is 4.99 Å². The molecule has 0 spiro atoms. The first-order valence-electron chi connectivity index (χ1n) is 3.18.